The number of nitrogens with zero attached hydrogens (tertiary/aromatic N) is 3. The molecule has 0 amide bonds. The second-order valence-corrected chi connectivity index (χ2v) is 7.49. The number of anilines is 1. The second-order valence-electron chi connectivity index (χ2n) is 7.49. The maximum absolute atomic E-state index is 5.33. The topological polar surface area (TPSA) is 42.3 Å². The van der Waals surface area contributed by atoms with Crippen LogP contribution in [0, 0.1) is 6.92 Å². The highest BCUT2D eigenvalue weighted by Gasteiger charge is 2.26. The predicted octanol–water partition coefficient (Wildman–Crippen LogP) is 4.26. The molecule has 4 rings (SSSR count). The van der Waals surface area contributed by atoms with E-state index in [9.17, 15) is 0 Å². The minimum atomic E-state index is 0.408. The van der Waals surface area contributed by atoms with E-state index in [0.29, 0.717) is 6.04 Å². The van der Waals surface area contributed by atoms with Gasteiger partial charge in [0.2, 0.25) is 0 Å². The van der Waals surface area contributed by atoms with Crippen LogP contribution in [-0.4, -0.2) is 34.9 Å². The molecule has 1 aliphatic rings. The maximum atomic E-state index is 5.33. The first-order valence-corrected chi connectivity index (χ1v) is 9.90. The van der Waals surface area contributed by atoms with Crippen molar-refractivity contribution in [1.82, 2.24) is 14.7 Å². The molecule has 1 aliphatic heterocycles. The third kappa shape index (κ3) is 4.20. The van der Waals surface area contributed by atoms with Gasteiger partial charge in [0.15, 0.2) is 0 Å². The van der Waals surface area contributed by atoms with Crippen LogP contribution >= 0.6 is 0 Å². The van der Waals surface area contributed by atoms with Gasteiger partial charge in [-0.1, -0.05) is 42.5 Å². The molecule has 1 fully saturated rings. The van der Waals surface area contributed by atoms with Crippen molar-refractivity contribution < 1.29 is 4.74 Å². The summed E-state index contributed by atoms with van der Waals surface area (Å²) in [6.45, 7) is 6.01. The lowest BCUT2D eigenvalue weighted by Crippen LogP contribution is -2.22. The van der Waals surface area contributed by atoms with Gasteiger partial charge in [0.05, 0.1) is 19.3 Å². The van der Waals surface area contributed by atoms with Gasteiger partial charge in [0.25, 0.3) is 0 Å². The van der Waals surface area contributed by atoms with Crippen molar-refractivity contribution >= 4 is 5.82 Å². The Kier molecular flexibility index (Phi) is 5.63. The molecule has 28 heavy (non-hydrogen) atoms. The van der Waals surface area contributed by atoms with Gasteiger partial charge in [-0.05, 0) is 36.6 Å². The molecule has 3 aromatic rings. The van der Waals surface area contributed by atoms with Crippen molar-refractivity contribution in [3.63, 3.8) is 0 Å². The van der Waals surface area contributed by atoms with Gasteiger partial charge >= 0.3 is 0 Å². The van der Waals surface area contributed by atoms with E-state index in [0.717, 1.165) is 44.2 Å². The molecule has 1 saturated heterocycles. The highest BCUT2D eigenvalue weighted by Crippen LogP contribution is 2.28. The van der Waals surface area contributed by atoms with E-state index in [-0.39, 0.29) is 0 Å². The Morgan fingerprint density at radius 3 is 2.75 bits per heavy atom. The molecule has 1 atom stereocenters. The molecule has 0 unspecified atom stereocenters. The Balaban J connectivity index is 1.42. The summed E-state index contributed by atoms with van der Waals surface area (Å²) in [5.74, 6) is 2.01. The zero-order chi connectivity index (χ0) is 19.3. The number of aryl methyl sites for hydroxylation is 1. The molecule has 1 N–H and O–H groups in total. The normalized spacial score (nSPS) is 17.0. The first-order valence-electron chi connectivity index (χ1n) is 9.90. The van der Waals surface area contributed by atoms with Crippen LogP contribution in [0.3, 0.4) is 0 Å². The molecule has 0 radical (unpaired) electrons. The van der Waals surface area contributed by atoms with Crippen molar-refractivity contribution in [2.75, 3.05) is 25.5 Å². The smallest absolute Gasteiger partial charge is 0.127 e. The van der Waals surface area contributed by atoms with Crippen LogP contribution in [0.25, 0.3) is 0 Å². The van der Waals surface area contributed by atoms with Gasteiger partial charge in [-0.2, -0.15) is 5.10 Å². The van der Waals surface area contributed by atoms with E-state index < -0.39 is 0 Å². The Hall–Kier alpha value is -2.79. The first kappa shape index (κ1) is 18.6. The van der Waals surface area contributed by atoms with Crippen LogP contribution in [0.5, 0.6) is 5.75 Å². The van der Waals surface area contributed by atoms with Crippen LogP contribution in [-0.2, 0) is 13.1 Å². The van der Waals surface area contributed by atoms with E-state index in [1.807, 2.05) is 18.3 Å². The number of methoxy groups -OCH3 is 1. The summed E-state index contributed by atoms with van der Waals surface area (Å²) in [7, 11) is 1.70. The second kappa shape index (κ2) is 8.48. The van der Waals surface area contributed by atoms with Crippen molar-refractivity contribution in [3.05, 3.63) is 77.5 Å². The summed E-state index contributed by atoms with van der Waals surface area (Å²) in [5.41, 5.74) is 3.75. The molecule has 0 bridgehead atoms. The zero-order valence-corrected chi connectivity index (χ0v) is 16.6. The number of benzene rings is 2. The van der Waals surface area contributed by atoms with Crippen LogP contribution in [0.15, 0.2) is 60.8 Å². The lowest BCUT2D eigenvalue weighted by molar-refractivity contribution is 0.312. The number of ether oxygens (including phenoxy) is 1. The third-order valence-electron chi connectivity index (χ3n) is 5.41. The summed E-state index contributed by atoms with van der Waals surface area (Å²) in [6, 6.07) is 19.3. The third-order valence-corrected chi connectivity index (χ3v) is 5.41. The summed E-state index contributed by atoms with van der Waals surface area (Å²) in [5, 5.41) is 8.28. The van der Waals surface area contributed by atoms with Crippen molar-refractivity contribution in [2.24, 2.45) is 0 Å². The number of rotatable bonds is 7. The molecule has 5 nitrogen and oxygen atoms in total. The summed E-state index contributed by atoms with van der Waals surface area (Å²) < 4.78 is 7.51. The van der Waals surface area contributed by atoms with Gasteiger partial charge in [0.1, 0.15) is 11.6 Å². The van der Waals surface area contributed by atoms with E-state index in [4.69, 9.17) is 4.74 Å². The highest BCUT2D eigenvalue weighted by molar-refractivity contribution is 5.44. The van der Waals surface area contributed by atoms with Gasteiger partial charge < -0.3 is 10.1 Å². The predicted molar refractivity (Wildman–Crippen MR) is 113 cm³/mol. The quantitative estimate of drug-likeness (QED) is 0.669. The average molecular weight is 377 g/mol. The van der Waals surface area contributed by atoms with Gasteiger partial charge in [-0.25, -0.2) is 4.68 Å². The van der Waals surface area contributed by atoms with Crippen molar-refractivity contribution in [1.29, 1.82) is 0 Å². The molecule has 0 aliphatic carbocycles. The van der Waals surface area contributed by atoms with Gasteiger partial charge in [-0.15, -0.1) is 0 Å². The SMILES string of the molecule is COc1cccc(CNc2c(C)cnn2[C@@H]2CCN(Cc3ccccc3)C2)c1. The molecular weight excluding hydrogens is 348 g/mol. The molecule has 2 heterocycles. The Morgan fingerprint density at radius 1 is 1.11 bits per heavy atom. The van der Waals surface area contributed by atoms with Crippen molar-refractivity contribution in [2.45, 2.75) is 32.5 Å². The number of nitrogens with one attached hydrogen (secondary N) is 1. The minimum absolute atomic E-state index is 0.408. The fourth-order valence-electron chi connectivity index (χ4n) is 3.91. The van der Waals surface area contributed by atoms with Gasteiger partial charge in [-0.3, -0.25) is 4.90 Å². The van der Waals surface area contributed by atoms with E-state index in [1.165, 1.54) is 16.7 Å². The minimum Gasteiger partial charge on any atom is -0.497 e. The average Bonchev–Trinajstić information content (AvgIpc) is 3.33. The molecule has 0 spiro atoms. The Bertz CT molecular complexity index is 906. The van der Waals surface area contributed by atoms with Crippen LogP contribution < -0.4 is 10.1 Å². The monoisotopic (exact) mass is 376 g/mol. The first-order chi connectivity index (χ1) is 13.7. The van der Waals surface area contributed by atoms with Crippen LogP contribution in [0.1, 0.15) is 29.2 Å². The Labute approximate surface area is 166 Å². The van der Waals surface area contributed by atoms with E-state index in [1.54, 1.807) is 7.11 Å². The maximum Gasteiger partial charge on any atom is 0.127 e. The fourth-order valence-corrected chi connectivity index (χ4v) is 3.91. The highest BCUT2D eigenvalue weighted by atomic mass is 16.5. The Morgan fingerprint density at radius 2 is 1.93 bits per heavy atom. The van der Waals surface area contributed by atoms with E-state index >= 15 is 0 Å². The molecule has 2 aromatic carbocycles. The van der Waals surface area contributed by atoms with Crippen molar-refractivity contribution in [3.8, 4) is 5.75 Å². The fraction of sp³-hybridized carbons (Fsp3) is 0.348. The molecule has 1 aromatic heterocycles. The number of hydrogen-bond acceptors (Lipinski definition) is 4. The largest absolute Gasteiger partial charge is 0.497 e. The summed E-state index contributed by atoms with van der Waals surface area (Å²) >= 11 is 0. The van der Waals surface area contributed by atoms with Crippen LogP contribution in [0.4, 0.5) is 5.82 Å². The zero-order valence-electron chi connectivity index (χ0n) is 16.6. The number of hydrogen-bond donors (Lipinski definition) is 1. The van der Waals surface area contributed by atoms with Gasteiger partial charge in [0, 0.05) is 31.7 Å². The lowest BCUT2D eigenvalue weighted by Gasteiger charge is -2.19. The molecular formula is C23H28N4O. The van der Waals surface area contributed by atoms with E-state index in [2.05, 4.69) is 69.4 Å². The standard InChI is InChI=1S/C23H28N4O/c1-18-14-25-27(23(18)24-15-20-9-6-10-22(13-20)28-2)21-11-12-26(17-21)16-19-7-4-3-5-8-19/h3-10,13-14,21,24H,11-12,15-17H2,1-2H3/t21-/m1/s1. The van der Waals surface area contributed by atoms with Crippen LogP contribution in [0.2, 0.25) is 0 Å². The summed E-state index contributed by atoms with van der Waals surface area (Å²) in [4.78, 5) is 2.52. The number of likely N-dealkylation sites (tertiary alicyclic amines) is 1. The lowest BCUT2D eigenvalue weighted by atomic mass is 10.2. The molecule has 5 heteroatoms. The summed E-state index contributed by atoms with van der Waals surface area (Å²) in [6.07, 6.45) is 3.09. The molecule has 146 valence electrons. The number of aromatic nitrogens is 2. The molecule has 0 saturated carbocycles.